The van der Waals surface area contributed by atoms with Crippen molar-refractivity contribution in [2.24, 2.45) is 0 Å². The summed E-state index contributed by atoms with van der Waals surface area (Å²) in [7, 11) is 0. The first-order chi connectivity index (χ1) is 13.4. The molecule has 2 aromatic heterocycles. The van der Waals surface area contributed by atoms with Gasteiger partial charge in [-0.15, -0.1) is 0 Å². The Morgan fingerprint density at radius 2 is 1.54 bits per heavy atom. The lowest BCUT2D eigenvalue weighted by atomic mass is 10.0. The summed E-state index contributed by atoms with van der Waals surface area (Å²) in [5.74, 6) is 0.573. The van der Waals surface area contributed by atoms with Crippen LogP contribution in [0.5, 0.6) is 0 Å². The van der Waals surface area contributed by atoms with E-state index in [1.165, 1.54) is 12.1 Å². The van der Waals surface area contributed by atoms with Crippen molar-refractivity contribution in [3.63, 3.8) is 0 Å². The second-order valence-corrected chi connectivity index (χ2v) is 6.57. The largest absolute Gasteiger partial charge is 0.416 e. The number of pyridine rings is 1. The summed E-state index contributed by atoms with van der Waals surface area (Å²) in [6, 6.07) is 15.8. The second-order valence-electron chi connectivity index (χ2n) is 6.13. The maximum absolute atomic E-state index is 12.9. The maximum Gasteiger partial charge on any atom is 0.416 e. The molecule has 0 amide bonds. The molecule has 28 heavy (non-hydrogen) atoms. The summed E-state index contributed by atoms with van der Waals surface area (Å²) in [5.41, 5.74) is 2.72. The van der Waals surface area contributed by atoms with E-state index in [9.17, 15) is 13.2 Å². The average Bonchev–Trinajstić information content (AvgIpc) is 3.14. The number of nitrogens with one attached hydrogen (secondary N) is 1. The molecule has 4 rings (SSSR count). The van der Waals surface area contributed by atoms with Crippen LogP contribution in [-0.4, -0.2) is 15.0 Å². The summed E-state index contributed by atoms with van der Waals surface area (Å²) < 4.78 is 38.7. The number of hydrogen-bond donors (Lipinski definition) is 1. The van der Waals surface area contributed by atoms with Crippen LogP contribution in [0.15, 0.2) is 73.1 Å². The van der Waals surface area contributed by atoms with Crippen LogP contribution >= 0.6 is 11.6 Å². The van der Waals surface area contributed by atoms with Gasteiger partial charge >= 0.3 is 6.18 Å². The molecule has 140 valence electrons. The van der Waals surface area contributed by atoms with Crippen molar-refractivity contribution in [3.8, 4) is 33.9 Å². The monoisotopic (exact) mass is 399 g/mol. The van der Waals surface area contributed by atoms with Gasteiger partial charge in [0.1, 0.15) is 5.82 Å². The maximum atomic E-state index is 12.9. The van der Waals surface area contributed by atoms with Gasteiger partial charge in [-0.2, -0.15) is 13.2 Å². The standard InChI is InChI=1S/C21H13ClF3N3/c22-17-3-1-2-15(12-17)20-27-18(19(28-20)14-8-10-26-11-9-14)13-4-6-16(7-5-13)21(23,24)25/h1-12H,(H,27,28). The number of imidazole rings is 1. The zero-order chi connectivity index (χ0) is 19.7. The summed E-state index contributed by atoms with van der Waals surface area (Å²) in [6.07, 6.45) is -1.10. The van der Waals surface area contributed by atoms with Gasteiger partial charge in [-0.05, 0) is 36.4 Å². The van der Waals surface area contributed by atoms with Crippen molar-refractivity contribution < 1.29 is 13.2 Å². The van der Waals surface area contributed by atoms with Crippen LogP contribution in [-0.2, 0) is 6.18 Å². The molecule has 0 atom stereocenters. The van der Waals surface area contributed by atoms with Gasteiger partial charge in [0.05, 0.1) is 17.0 Å². The fourth-order valence-electron chi connectivity index (χ4n) is 2.90. The van der Waals surface area contributed by atoms with E-state index in [2.05, 4.69) is 15.0 Å². The second kappa shape index (κ2) is 7.13. The van der Waals surface area contributed by atoms with E-state index < -0.39 is 11.7 Å². The minimum Gasteiger partial charge on any atom is -0.337 e. The third-order valence-corrected chi connectivity index (χ3v) is 4.49. The Morgan fingerprint density at radius 3 is 2.18 bits per heavy atom. The first-order valence-corrected chi connectivity index (χ1v) is 8.73. The zero-order valence-electron chi connectivity index (χ0n) is 14.3. The number of halogens is 4. The van der Waals surface area contributed by atoms with Gasteiger partial charge in [0.2, 0.25) is 0 Å². The summed E-state index contributed by atoms with van der Waals surface area (Å²) in [6.45, 7) is 0. The van der Waals surface area contributed by atoms with Gasteiger partial charge < -0.3 is 4.98 Å². The lowest BCUT2D eigenvalue weighted by molar-refractivity contribution is -0.137. The Kier molecular flexibility index (Phi) is 4.65. The van der Waals surface area contributed by atoms with Crippen LogP contribution in [0.3, 0.4) is 0 Å². The third kappa shape index (κ3) is 3.64. The highest BCUT2D eigenvalue weighted by Crippen LogP contribution is 2.35. The number of nitrogens with zero attached hydrogens (tertiary/aromatic N) is 2. The SMILES string of the molecule is FC(F)(F)c1ccc(-c2nc(-c3cccc(Cl)c3)[nH]c2-c2ccncc2)cc1. The predicted octanol–water partition coefficient (Wildman–Crippen LogP) is 6.48. The minimum absolute atomic E-state index is 0.551. The molecule has 1 N–H and O–H groups in total. The van der Waals surface area contributed by atoms with Crippen LogP contribution < -0.4 is 0 Å². The molecule has 0 bridgehead atoms. The Labute approximate surface area is 163 Å². The molecule has 0 aliphatic carbocycles. The summed E-state index contributed by atoms with van der Waals surface area (Å²) in [4.78, 5) is 11.9. The van der Waals surface area contributed by atoms with Crippen molar-refractivity contribution in [3.05, 3.63) is 83.6 Å². The number of benzene rings is 2. The van der Waals surface area contributed by atoms with Crippen LogP contribution in [0.25, 0.3) is 33.9 Å². The van der Waals surface area contributed by atoms with Gasteiger partial charge in [0.15, 0.2) is 0 Å². The highest BCUT2D eigenvalue weighted by atomic mass is 35.5. The van der Waals surface area contributed by atoms with Crippen LogP contribution in [0.2, 0.25) is 5.02 Å². The van der Waals surface area contributed by atoms with E-state index in [0.29, 0.717) is 27.8 Å². The molecule has 0 fully saturated rings. The fourth-order valence-corrected chi connectivity index (χ4v) is 3.09. The molecule has 2 heterocycles. The lowest BCUT2D eigenvalue weighted by Gasteiger charge is -2.07. The molecule has 2 aromatic carbocycles. The minimum atomic E-state index is -4.38. The lowest BCUT2D eigenvalue weighted by Crippen LogP contribution is -2.04. The molecule has 0 aliphatic rings. The number of aromatic nitrogens is 3. The first-order valence-electron chi connectivity index (χ1n) is 8.36. The van der Waals surface area contributed by atoms with E-state index in [-0.39, 0.29) is 0 Å². The van der Waals surface area contributed by atoms with Crippen molar-refractivity contribution in [2.75, 3.05) is 0 Å². The highest BCUT2D eigenvalue weighted by Gasteiger charge is 2.30. The molecule has 0 saturated heterocycles. The van der Waals surface area contributed by atoms with Crippen molar-refractivity contribution in [1.29, 1.82) is 0 Å². The zero-order valence-corrected chi connectivity index (χ0v) is 15.1. The van der Waals surface area contributed by atoms with E-state index in [1.54, 1.807) is 24.5 Å². The number of rotatable bonds is 3. The Bertz CT molecular complexity index is 1100. The number of alkyl halides is 3. The molecule has 0 saturated carbocycles. The van der Waals surface area contributed by atoms with Gasteiger partial charge in [0, 0.05) is 34.1 Å². The van der Waals surface area contributed by atoms with Gasteiger partial charge in [-0.3, -0.25) is 4.98 Å². The number of hydrogen-bond acceptors (Lipinski definition) is 2. The van der Waals surface area contributed by atoms with Crippen molar-refractivity contribution >= 4 is 11.6 Å². The van der Waals surface area contributed by atoms with E-state index in [1.807, 2.05) is 24.3 Å². The topological polar surface area (TPSA) is 41.6 Å². The smallest absolute Gasteiger partial charge is 0.337 e. The van der Waals surface area contributed by atoms with Crippen LogP contribution in [0, 0.1) is 0 Å². The molecule has 0 radical (unpaired) electrons. The molecular weight excluding hydrogens is 387 g/mol. The Balaban J connectivity index is 1.85. The molecule has 0 spiro atoms. The number of H-pyrrole nitrogens is 1. The van der Waals surface area contributed by atoms with Gasteiger partial charge in [-0.1, -0.05) is 35.9 Å². The summed E-state index contributed by atoms with van der Waals surface area (Å²) in [5, 5.41) is 0.565. The first kappa shape index (κ1) is 18.3. The summed E-state index contributed by atoms with van der Waals surface area (Å²) >= 11 is 6.08. The normalized spacial score (nSPS) is 11.6. The molecule has 0 unspecified atom stereocenters. The van der Waals surface area contributed by atoms with Crippen molar-refractivity contribution in [2.45, 2.75) is 6.18 Å². The van der Waals surface area contributed by atoms with Crippen LogP contribution in [0.1, 0.15) is 5.56 Å². The molecule has 7 heteroatoms. The molecule has 3 nitrogen and oxygen atoms in total. The average molecular weight is 400 g/mol. The Morgan fingerprint density at radius 1 is 0.821 bits per heavy atom. The van der Waals surface area contributed by atoms with Gasteiger partial charge in [0.25, 0.3) is 0 Å². The fraction of sp³-hybridized carbons (Fsp3) is 0.0476. The Hall–Kier alpha value is -3.12. The van der Waals surface area contributed by atoms with E-state index in [4.69, 9.17) is 11.6 Å². The molecule has 0 aliphatic heterocycles. The third-order valence-electron chi connectivity index (χ3n) is 4.26. The van der Waals surface area contributed by atoms with Crippen molar-refractivity contribution in [1.82, 2.24) is 15.0 Å². The quantitative estimate of drug-likeness (QED) is 0.428. The van der Waals surface area contributed by atoms with E-state index >= 15 is 0 Å². The van der Waals surface area contributed by atoms with Gasteiger partial charge in [-0.25, -0.2) is 4.98 Å². The molecular formula is C21H13ClF3N3. The highest BCUT2D eigenvalue weighted by molar-refractivity contribution is 6.30. The van der Waals surface area contributed by atoms with E-state index in [0.717, 1.165) is 23.3 Å². The van der Waals surface area contributed by atoms with Crippen LogP contribution in [0.4, 0.5) is 13.2 Å². The predicted molar refractivity (Wildman–Crippen MR) is 103 cm³/mol. The number of aromatic amines is 1. The molecule has 4 aromatic rings.